The van der Waals surface area contributed by atoms with E-state index in [1.807, 2.05) is 22.4 Å². The molecule has 114 valence electrons. The molecule has 0 bridgehead atoms. The van der Waals surface area contributed by atoms with Gasteiger partial charge in [-0.1, -0.05) is 32.4 Å². The number of hydrogen-bond donors (Lipinski definition) is 0. The molecule has 0 fully saturated rings. The predicted molar refractivity (Wildman–Crippen MR) is 86.1 cm³/mol. The number of pyridine rings is 1. The van der Waals surface area contributed by atoms with E-state index in [1.54, 1.807) is 12.1 Å². The highest BCUT2D eigenvalue weighted by atomic mass is 35.5. The van der Waals surface area contributed by atoms with Gasteiger partial charge < -0.3 is 4.90 Å². The highest BCUT2D eigenvalue weighted by Crippen LogP contribution is 2.19. The average Bonchev–Trinajstić information content (AvgIpc) is 2.83. The van der Waals surface area contributed by atoms with Crippen molar-refractivity contribution in [1.29, 1.82) is 0 Å². The molecular weight excluding hydrogens is 286 g/mol. The second kappa shape index (κ2) is 6.94. The van der Waals surface area contributed by atoms with Gasteiger partial charge in [-0.05, 0) is 25.3 Å². The Morgan fingerprint density at radius 2 is 1.95 bits per heavy atom. The van der Waals surface area contributed by atoms with Gasteiger partial charge in [0.15, 0.2) is 0 Å². The van der Waals surface area contributed by atoms with Crippen molar-refractivity contribution >= 4 is 23.2 Å². The second-order valence-corrected chi connectivity index (χ2v) is 5.56. The lowest BCUT2D eigenvalue weighted by Crippen LogP contribution is -2.33. The summed E-state index contributed by atoms with van der Waals surface area (Å²) < 4.78 is 1.85. The van der Waals surface area contributed by atoms with Crippen LogP contribution in [0.15, 0.2) is 18.3 Å². The van der Waals surface area contributed by atoms with Gasteiger partial charge >= 0.3 is 0 Å². The quantitative estimate of drug-likeness (QED) is 0.814. The van der Waals surface area contributed by atoms with Gasteiger partial charge in [-0.25, -0.2) is 4.98 Å². The molecule has 2 heterocycles. The normalized spacial score (nSPS) is 11.0. The zero-order chi connectivity index (χ0) is 15.4. The van der Waals surface area contributed by atoms with Gasteiger partial charge in [-0.3, -0.25) is 9.20 Å². The molecule has 21 heavy (non-hydrogen) atoms. The topological polar surface area (TPSA) is 37.6 Å². The molecule has 0 saturated heterocycles. The number of imidazole rings is 1. The maximum atomic E-state index is 12.9. The predicted octanol–water partition coefficient (Wildman–Crippen LogP) is 3.81. The van der Waals surface area contributed by atoms with Gasteiger partial charge in [-0.2, -0.15) is 0 Å². The van der Waals surface area contributed by atoms with E-state index >= 15 is 0 Å². The first-order valence-electron chi connectivity index (χ1n) is 7.58. The summed E-state index contributed by atoms with van der Waals surface area (Å²) in [5, 5.41) is 0.633. The van der Waals surface area contributed by atoms with E-state index in [-0.39, 0.29) is 5.91 Å². The number of nitrogens with zero attached hydrogens (tertiary/aromatic N) is 3. The molecule has 5 heteroatoms. The van der Waals surface area contributed by atoms with E-state index in [1.165, 1.54) is 0 Å². The van der Waals surface area contributed by atoms with Crippen LogP contribution in [0.3, 0.4) is 0 Å². The Balaban J connectivity index is 2.50. The summed E-state index contributed by atoms with van der Waals surface area (Å²) in [4.78, 5) is 19.4. The van der Waals surface area contributed by atoms with E-state index in [0.717, 1.165) is 43.7 Å². The number of carbonyl (C=O) groups excluding carboxylic acids is 1. The summed E-state index contributed by atoms with van der Waals surface area (Å²) in [6, 6.07) is 3.58. The lowest BCUT2D eigenvalue weighted by molar-refractivity contribution is 0.0747. The Morgan fingerprint density at radius 1 is 1.29 bits per heavy atom. The van der Waals surface area contributed by atoms with Crippen LogP contribution in [0.1, 0.15) is 49.8 Å². The van der Waals surface area contributed by atoms with Gasteiger partial charge in [0.25, 0.3) is 5.91 Å². The van der Waals surface area contributed by atoms with Crippen LogP contribution in [0, 0.1) is 0 Å². The second-order valence-electron chi connectivity index (χ2n) is 5.13. The van der Waals surface area contributed by atoms with Crippen LogP contribution in [-0.2, 0) is 6.42 Å². The molecule has 0 aliphatic heterocycles. The van der Waals surface area contributed by atoms with Crippen molar-refractivity contribution in [3.8, 4) is 0 Å². The molecule has 2 aromatic heterocycles. The Kier molecular flexibility index (Phi) is 5.23. The zero-order valence-corrected chi connectivity index (χ0v) is 13.7. The highest BCUT2D eigenvalue weighted by molar-refractivity contribution is 6.30. The average molecular weight is 308 g/mol. The minimum Gasteiger partial charge on any atom is -0.337 e. The molecule has 0 aliphatic rings. The largest absolute Gasteiger partial charge is 0.337 e. The molecule has 0 atom stereocenters. The summed E-state index contributed by atoms with van der Waals surface area (Å²) >= 11 is 6.02. The Labute approximate surface area is 130 Å². The van der Waals surface area contributed by atoms with Crippen LogP contribution in [0.25, 0.3) is 5.65 Å². The van der Waals surface area contributed by atoms with Crippen molar-refractivity contribution in [1.82, 2.24) is 14.3 Å². The van der Waals surface area contributed by atoms with Crippen LogP contribution in [0.5, 0.6) is 0 Å². The zero-order valence-electron chi connectivity index (χ0n) is 12.9. The fourth-order valence-electron chi connectivity index (χ4n) is 2.55. The number of fused-ring (bicyclic) bond motifs is 1. The molecule has 0 aromatic carbocycles. The smallest absolute Gasteiger partial charge is 0.272 e. The monoisotopic (exact) mass is 307 g/mol. The van der Waals surface area contributed by atoms with E-state index in [9.17, 15) is 4.79 Å². The van der Waals surface area contributed by atoms with Crippen LogP contribution in [-0.4, -0.2) is 33.3 Å². The number of amides is 1. The molecule has 0 unspecified atom stereocenters. The highest BCUT2D eigenvalue weighted by Gasteiger charge is 2.22. The van der Waals surface area contributed by atoms with E-state index < -0.39 is 0 Å². The summed E-state index contributed by atoms with van der Waals surface area (Å²) in [6.45, 7) is 7.74. The molecular formula is C16H22ClN3O. The van der Waals surface area contributed by atoms with Crippen molar-refractivity contribution in [2.75, 3.05) is 13.1 Å². The van der Waals surface area contributed by atoms with Gasteiger partial charge in [0.2, 0.25) is 0 Å². The van der Waals surface area contributed by atoms with Crippen molar-refractivity contribution in [3.63, 3.8) is 0 Å². The number of carbonyl (C=O) groups is 1. The molecule has 4 nitrogen and oxygen atoms in total. The first-order valence-corrected chi connectivity index (χ1v) is 7.95. The maximum absolute atomic E-state index is 12.9. The van der Waals surface area contributed by atoms with E-state index in [2.05, 4.69) is 18.8 Å². The fourth-order valence-corrected chi connectivity index (χ4v) is 2.70. The number of halogens is 1. The number of aryl methyl sites for hydroxylation is 1. The molecule has 0 radical (unpaired) electrons. The van der Waals surface area contributed by atoms with Crippen molar-refractivity contribution < 1.29 is 4.79 Å². The Morgan fingerprint density at radius 3 is 2.52 bits per heavy atom. The minimum atomic E-state index is 0.0605. The third-order valence-corrected chi connectivity index (χ3v) is 3.71. The first-order chi connectivity index (χ1) is 10.1. The molecule has 0 spiro atoms. The molecule has 1 amide bonds. The van der Waals surface area contributed by atoms with Gasteiger partial charge in [0, 0.05) is 30.4 Å². The Bertz CT molecular complexity index is 630. The summed E-state index contributed by atoms with van der Waals surface area (Å²) in [5.74, 6) is 0.0605. The molecule has 0 aliphatic carbocycles. The van der Waals surface area contributed by atoms with E-state index in [0.29, 0.717) is 10.7 Å². The van der Waals surface area contributed by atoms with Crippen LogP contribution in [0.2, 0.25) is 5.02 Å². The van der Waals surface area contributed by atoms with Gasteiger partial charge in [0.1, 0.15) is 11.3 Å². The third kappa shape index (κ3) is 3.21. The van der Waals surface area contributed by atoms with Crippen LogP contribution in [0.4, 0.5) is 0 Å². The maximum Gasteiger partial charge on any atom is 0.272 e. The Hall–Kier alpha value is -1.55. The summed E-state index contributed by atoms with van der Waals surface area (Å²) in [7, 11) is 0. The number of aromatic nitrogens is 2. The van der Waals surface area contributed by atoms with Crippen molar-refractivity contribution in [2.24, 2.45) is 0 Å². The van der Waals surface area contributed by atoms with Gasteiger partial charge in [-0.15, -0.1) is 0 Å². The summed E-state index contributed by atoms with van der Waals surface area (Å²) in [5.41, 5.74) is 2.24. The fraction of sp³-hybridized carbons (Fsp3) is 0.500. The van der Waals surface area contributed by atoms with Crippen molar-refractivity contribution in [3.05, 3.63) is 34.7 Å². The lowest BCUT2D eigenvalue weighted by atomic mass is 10.2. The third-order valence-electron chi connectivity index (χ3n) is 3.47. The van der Waals surface area contributed by atoms with E-state index in [4.69, 9.17) is 11.6 Å². The minimum absolute atomic E-state index is 0.0605. The van der Waals surface area contributed by atoms with Crippen LogP contribution < -0.4 is 0 Å². The molecule has 2 aromatic rings. The van der Waals surface area contributed by atoms with Gasteiger partial charge in [0.05, 0.1) is 5.69 Å². The molecule has 0 N–H and O–H groups in total. The summed E-state index contributed by atoms with van der Waals surface area (Å²) in [6.07, 6.45) is 4.46. The standard InChI is InChI=1S/C16H22ClN3O/c1-4-8-19(9-5-2)16(21)15-13(6-3)18-14-11-12(17)7-10-20(14)15/h7,10-11H,4-6,8-9H2,1-3H3. The van der Waals surface area contributed by atoms with Crippen molar-refractivity contribution in [2.45, 2.75) is 40.0 Å². The van der Waals surface area contributed by atoms with Crippen LogP contribution >= 0.6 is 11.6 Å². The lowest BCUT2D eigenvalue weighted by Gasteiger charge is -2.21. The molecule has 2 rings (SSSR count). The SMILES string of the molecule is CCCN(CCC)C(=O)c1c(CC)nc2cc(Cl)ccn12. The first kappa shape index (κ1) is 15.8. The molecule has 0 saturated carbocycles. The number of rotatable bonds is 6. The number of hydrogen-bond acceptors (Lipinski definition) is 2.